The zero-order valence-electron chi connectivity index (χ0n) is 7.31. The zero-order valence-corrected chi connectivity index (χ0v) is 7.31. The largest absolute Gasteiger partial charge is 0.507 e. The van der Waals surface area contributed by atoms with Crippen molar-refractivity contribution in [1.29, 1.82) is 0 Å². The Morgan fingerprint density at radius 2 is 1.93 bits per heavy atom. The highest BCUT2D eigenvalue weighted by Crippen LogP contribution is 2.28. The van der Waals surface area contributed by atoms with Gasteiger partial charge in [0, 0.05) is 5.56 Å². The third-order valence-electron chi connectivity index (χ3n) is 1.61. The molecule has 0 spiro atoms. The van der Waals surface area contributed by atoms with E-state index in [9.17, 15) is 23.5 Å². The van der Waals surface area contributed by atoms with E-state index in [1.54, 1.807) is 0 Å². The quantitative estimate of drug-likeness (QED) is 0.776. The topological polar surface area (TPSA) is 63.6 Å². The summed E-state index contributed by atoms with van der Waals surface area (Å²) in [5.41, 5.74) is -0.477. The molecular formula is C9H6F2O4. The normalized spacial score (nSPS) is 10.1. The fourth-order valence-electron chi connectivity index (χ4n) is 1.01. The molecule has 1 aromatic rings. The van der Waals surface area contributed by atoms with Crippen LogP contribution in [0.5, 0.6) is 11.5 Å². The van der Waals surface area contributed by atoms with Crippen LogP contribution in [0.4, 0.5) is 8.78 Å². The number of rotatable bonds is 4. The summed E-state index contributed by atoms with van der Waals surface area (Å²) in [6.45, 7) is -3.13. The van der Waals surface area contributed by atoms with Gasteiger partial charge < -0.3 is 9.84 Å². The van der Waals surface area contributed by atoms with Crippen molar-refractivity contribution in [3.63, 3.8) is 0 Å². The predicted molar refractivity (Wildman–Crippen MR) is 45.5 cm³/mol. The molecule has 0 aliphatic carbocycles. The highest BCUT2D eigenvalue weighted by molar-refractivity contribution is 5.87. The molecule has 6 heteroatoms. The van der Waals surface area contributed by atoms with Crippen LogP contribution >= 0.6 is 0 Å². The number of ether oxygens (including phenoxy) is 1. The van der Waals surface area contributed by atoms with Gasteiger partial charge in [0.05, 0.1) is 5.56 Å². The number of phenols is 1. The lowest BCUT2D eigenvalue weighted by molar-refractivity contribution is -0.0501. The van der Waals surface area contributed by atoms with Gasteiger partial charge in [0.25, 0.3) is 0 Å². The molecule has 0 unspecified atom stereocenters. The second kappa shape index (κ2) is 4.50. The summed E-state index contributed by atoms with van der Waals surface area (Å²) in [4.78, 5) is 20.8. The number of phenolic OH excluding ortho intramolecular Hbond substituents is 1. The van der Waals surface area contributed by atoms with Crippen molar-refractivity contribution in [2.24, 2.45) is 0 Å². The molecule has 0 bridgehead atoms. The minimum Gasteiger partial charge on any atom is -0.507 e. The minimum atomic E-state index is -3.13. The smallest absolute Gasteiger partial charge is 0.387 e. The van der Waals surface area contributed by atoms with Gasteiger partial charge in [-0.1, -0.05) is 0 Å². The molecule has 0 aliphatic rings. The van der Waals surface area contributed by atoms with E-state index in [4.69, 9.17) is 0 Å². The van der Waals surface area contributed by atoms with Crippen LogP contribution in [-0.4, -0.2) is 24.3 Å². The van der Waals surface area contributed by atoms with E-state index in [2.05, 4.69) is 4.74 Å². The molecule has 1 N–H and O–H groups in total. The summed E-state index contributed by atoms with van der Waals surface area (Å²) >= 11 is 0. The van der Waals surface area contributed by atoms with Gasteiger partial charge in [-0.25, -0.2) is 0 Å². The van der Waals surface area contributed by atoms with Crippen molar-refractivity contribution in [2.45, 2.75) is 6.61 Å². The number of carbonyl (C=O) groups is 2. The SMILES string of the molecule is O=Cc1cc(O)c(C=O)c(OC(F)F)c1. The number of hydrogen-bond donors (Lipinski definition) is 1. The number of benzene rings is 1. The third-order valence-corrected chi connectivity index (χ3v) is 1.61. The second-order valence-corrected chi connectivity index (χ2v) is 2.57. The lowest BCUT2D eigenvalue weighted by Gasteiger charge is -2.08. The maximum atomic E-state index is 11.9. The molecule has 0 atom stereocenters. The number of carbonyl (C=O) groups excluding carboxylic acids is 2. The summed E-state index contributed by atoms with van der Waals surface area (Å²) in [5, 5.41) is 9.20. The third kappa shape index (κ3) is 2.49. The first-order chi connectivity index (χ1) is 7.08. The summed E-state index contributed by atoms with van der Waals surface area (Å²) in [5.74, 6) is -1.10. The van der Waals surface area contributed by atoms with Gasteiger partial charge >= 0.3 is 6.61 Å². The van der Waals surface area contributed by atoms with E-state index in [1.807, 2.05) is 0 Å². The van der Waals surface area contributed by atoms with Gasteiger partial charge in [0.2, 0.25) is 0 Å². The Balaban J connectivity index is 3.25. The van der Waals surface area contributed by atoms with Crippen LogP contribution in [-0.2, 0) is 0 Å². The Hall–Kier alpha value is -1.98. The number of halogens is 2. The van der Waals surface area contributed by atoms with Crippen LogP contribution in [0.15, 0.2) is 12.1 Å². The highest BCUT2D eigenvalue weighted by atomic mass is 19.3. The maximum absolute atomic E-state index is 11.9. The molecule has 0 fully saturated rings. The standard InChI is InChI=1S/C9H6F2O4/c10-9(11)15-8-2-5(3-12)1-7(14)6(8)4-13/h1-4,9,14H. The second-order valence-electron chi connectivity index (χ2n) is 2.57. The number of aldehydes is 2. The van der Waals surface area contributed by atoms with Gasteiger partial charge in [-0.15, -0.1) is 0 Å². The number of hydrogen-bond acceptors (Lipinski definition) is 4. The molecule has 15 heavy (non-hydrogen) atoms. The van der Waals surface area contributed by atoms with Crippen LogP contribution in [0.25, 0.3) is 0 Å². The van der Waals surface area contributed by atoms with E-state index >= 15 is 0 Å². The molecule has 0 aromatic heterocycles. The highest BCUT2D eigenvalue weighted by Gasteiger charge is 2.14. The Bertz CT molecular complexity index is 390. The lowest BCUT2D eigenvalue weighted by atomic mass is 10.1. The summed E-state index contributed by atoms with van der Waals surface area (Å²) in [6.07, 6.45) is 0.508. The molecule has 4 nitrogen and oxygen atoms in total. The van der Waals surface area contributed by atoms with Gasteiger partial charge in [-0.05, 0) is 12.1 Å². The van der Waals surface area contributed by atoms with Crippen molar-refractivity contribution in [3.8, 4) is 11.5 Å². The summed E-state index contributed by atoms with van der Waals surface area (Å²) < 4.78 is 27.8. The fraction of sp³-hybridized carbons (Fsp3) is 0.111. The Morgan fingerprint density at radius 1 is 1.27 bits per heavy atom. The summed E-state index contributed by atoms with van der Waals surface area (Å²) in [7, 11) is 0. The van der Waals surface area contributed by atoms with Crippen LogP contribution in [0.3, 0.4) is 0 Å². The van der Waals surface area contributed by atoms with Crippen LogP contribution in [0, 0.1) is 0 Å². The van der Waals surface area contributed by atoms with Crippen molar-refractivity contribution in [1.82, 2.24) is 0 Å². The van der Waals surface area contributed by atoms with Gasteiger partial charge in [-0.3, -0.25) is 9.59 Å². The Labute approximate surface area is 83.1 Å². The van der Waals surface area contributed by atoms with E-state index < -0.39 is 23.7 Å². The first-order valence-corrected chi connectivity index (χ1v) is 3.80. The Morgan fingerprint density at radius 3 is 2.40 bits per heavy atom. The van der Waals surface area contributed by atoms with Gasteiger partial charge in [0.1, 0.15) is 17.8 Å². The van der Waals surface area contributed by atoms with E-state index in [-0.39, 0.29) is 11.8 Å². The van der Waals surface area contributed by atoms with Crippen LogP contribution < -0.4 is 4.74 Å². The summed E-state index contributed by atoms with van der Waals surface area (Å²) in [6, 6.07) is 1.93. The van der Waals surface area contributed by atoms with Crippen molar-refractivity contribution in [3.05, 3.63) is 23.3 Å². The molecule has 0 saturated carbocycles. The molecule has 1 aromatic carbocycles. The molecule has 0 heterocycles. The zero-order chi connectivity index (χ0) is 11.4. The van der Waals surface area contributed by atoms with Crippen LogP contribution in [0.2, 0.25) is 0 Å². The molecule has 0 amide bonds. The van der Waals surface area contributed by atoms with Crippen molar-refractivity contribution < 1.29 is 28.2 Å². The minimum absolute atomic E-state index is 0.0613. The van der Waals surface area contributed by atoms with E-state index in [0.717, 1.165) is 12.1 Å². The molecule has 1 rings (SSSR count). The molecule has 0 aliphatic heterocycles. The number of aromatic hydroxyl groups is 1. The fourth-order valence-corrected chi connectivity index (χ4v) is 1.01. The van der Waals surface area contributed by atoms with Gasteiger partial charge in [0.15, 0.2) is 6.29 Å². The predicted octanol–water partition coefficient (Wildman–Crippen LogP) is 1.62. The van der Waals surface area contributed by atoms with Crippen molar-refractivity contribution in [2.75, 3.05) is 0 Å². The van der Waals surface area contributed by atoms with Crippen molar-refractivity contribution >= 4 is 12.6 Å². The maximum Gasteiger partial charge on any atom is 0.387 e. The van der Waals surface area contributed by atoms with E-state index in [1.165, 1.54) is 0 Å². The molecule has 0 radical (unpaired) electrons. The Kier molecular flexibility index (Phi) is 3.33. The average Bonchev–Trinajstić information content (AvgIpc) is 2.16. The molecule has 0 saturated heterocycles. The average molecular weight is 216 g/mol. The van der Waals surface area contributed by atoms with Gasteiger partial charge in [-0.2, -0.15) is 8.78 Å². The molecule has 80 valence electrons. The monoisotopic (exact) mass is 216 g/mol. The lowest BCUT2D eigenvalue weighted by Crippen LogP contribution is -2.05. The van der Waals surface area contributed by atoms with Crippen LogP contribution in [0.1, 0.15) is 20.7 Å². The molecular weight excluding hydrogens is 210 g/mol. The first kappa shape index (κ1) is 11.1. The number of alkyl halides is 2. The first-order valence-electron chi connectivity index (χ1n) is 3.80. The van der Waals surface area contributed by atoms with E-state index in [0.29, 0.717) is 6.29 Å².